The summed E-state index contributed by atoms with van der Waals surface area (Å²) >= 11 is 0. The Morgan fingerprint density at radius 1 is 1.32 bits per heavy atom. The molecule has 0 saturated carbocycles. The zero-order chi connectivity index (χ0) is 13.8. The fourth-order valence-corrected chi connectivity index (χ4v) is 2.24. The minimum Gasteiger partial charge on any atom is -0.493 e. The molecule has 0 aromatic heterocycles. The molecule has 2 nitrogen and oxygen atoms in total. The molecule has 0 N–H and O–H groups in total. The first kappa shape index (κ1) is 13.6. The molecular weight excluding hydrogens is 236 g/mol. The van der Waals surface area contributed by atoms with E-state index in [1.807, 2.05) is 44.2 Å². The van der Waals surface area contributed by atoms with E-state index in [-0.39, 0.29) is 11.7 Å². The first-order valence-electron chi connectivity index (χ1n) is 6.63. The van der Waals surface area contributed by atoms with Crippen LogP contribution in [-0.2, 0) is 16.1 Å². The molecular formula is C17H20O2. The van der Waals surface area contributed by atoms with Crippen LogP contribution in [0.2, 0.25) is 0 Å². The molecule has 1 aliphatic rings. The quantitative estimate of drug-likeness (QED) is 0.760. The van der Waals surface area contributed by atoms with Crippen molar-refractivity contribution in [3.05, 3.63) is 59.4 Å². The maximum absolute atomic E-state index is 12.0. The smallest absolute Gasteiger partial charge is 0.162 e. The lowest BCUT2D eigenvalue weighted by Gasteiger charge is -2.25. The molecule has 1 aromatic rings. The number of Topliss-reactive ketones (excluding diaryl/α,β-unsaturated/α-hetero) is 1. The van der Waals surface area contributed by atoms with E-state index in [1.54, 1.807) is 0 Å². The predicted molar refractivity (Wildman–Crippen MR) is 76.5 cm³/mol. The fourth-order valence-electron chi connectivity index (χ4n) is 2.24. The third-order valence-corrected chi connectivity index (χ3v) is 3.65. The highest BCUT2D eigenvalue weighted by atomic mass is 16.5. The largest absolute Gasteiger partial charge is 0.493 e. The number of carbonyl (C=O) groups excluding carboxylic acids is 1. The Hall–Kier alpha value is -1.83. The van der Waals surface area contributed by atoms with Gasteiger partial charge >= 0.3 is 0 Å². The normalized spacial score (nSPS) is 19.5. The van der Waals surface area contributed by atoms with Crippen molar-refractivity contribution in [3.63, 3.8) is 0 Å². The lowest BCUT2D eigenvalue weighted by Crippen LogP contribution is -2.20. The number of allylic oxidation sites excluding steroid dienone is 3. The molecule has 19 heavy (non-hydrogen) atoms. The van der Waals surface area contributed by atoms with Crippen LogP contribution in [0.1, 0.15) is 32.3 Å². The molecule has 0 amide bonds. The lowest BCUT2D eigenvalue weighted by molar-refractivity contribution is -0.117. The minimum absolute atomic E-state index is 0.183. The average Bonchev–Trinajstić information content (AvgIpc) is 2.41. The van der Waals surface area contributed by atoms with Gasteiger partial charge in [-0.05, 0) is 25.3 Å². The van der Waals surface area contributed by atoms with Crippen molar-refractivity contribution in [2.24, 2.45) is 5.92 Å². The standard InChI is InChI=1S/C17H20O2/c1-12(2)15-9-16(18)13(3)17(10-15)19-11-14-7-5-4-6-8-14/h4-8,15H,1,9-11H2,2-3H3. The van der Waals surface area contributed by atoms with Gasteiger partial charge in [0.25, 0.3) is 0 Å². The van der Waals surface area contributed by atoms with Crippen LogP contribution in [0.4, 0.5) is 0 Å². The average molecular weight is 256 g/mol. The Bertz CT molecular complexity index is 511. The zero-order valence-electron chi connectivity index (χ0n) is 11.6. The van der Waals surface area contributed by atoms with Crippen LogP contribution in [0.5, 0.6) is 0 Å². The summed E-state index contributed by atoms with van der Waals surface area (Å²) in [5, 5.41) is 0. The molecule has 1 aliphatic carbocycles. The molecule has 0 radical (unpaired) electrons. The third kappa shape index (κ3) is 3.34. The van der Waals surface area contributed by atoms with Crippen molar-refractivity contribution in [2.75, 3.05) is 0 Å². The van der Waals surface area contributed by atoms with Gasteiger partial charge in [-0.25, -0.2) is 0 Å². The number of ether oxygens (including phenoxy) is 1. The van der Waals surface area contributed by atoms with Crippen LogP contribution in [-0.4, -0.2) is 5.78 Å². The van der Waals surface area contributed by atoms with Gasteiger partial charge in [0.05, 0.1) is 0 Å². The molecule has 0 heterocycles. The van der Waals surface area contributed by atoms with E-state index in [4.69, 9.17) is 4.74 Å². The van der Waals surface area contributed by atoms with Crippen molar-refractivity contribution < 1.29 is 9.53 Å². The van der Waals surface area contributed by atoms with Crippen molar-refractivity contribution in [1.29, 1.82) is 0 Å². The Morgan fingerprint density at radius 3 is 2.63 bits per heavy atom. The zero-order valence-corrected chi connectivity index (χ0v) is 11.6. The van der Waals surface area contributed by atoms with Crippen LogP contribution in [0.15, 0.2) is 53.8 Å². The molecule has 0 bridgehead atoms. The molecule has 0 fully saturated rings. The van der Waals surface area contributed by atoms with Crippen molar-refractivity contribution in [2.45, 2.75) is 33.3 Å². The summed E-state index contributed by atoms with van der Waals surface area (Å²) < 4.78 is 5.85. The SMILES string of the molecule is C=C(C)C1CC(=O)C(C)=C(OCc2ccccc2)C1. The van der Waals surface area contributed by atoms with Crippen LogP contribution < -0.4 is 0 Å². The van der Waals surface area contributed by atoms with E-state index in [2.05, 4.69) is 6.58 Å². The number of benzene rings is 1. The van der Waals surface area contributed by atoms with Gasteiger partial charge in [-0.1, -0.05) is 42.5 Å². The van der Waals surface area contributed by atoms with Gasteiger partial charge in [-0.2, -0.15) is 0 Å². The van der Waals surface area contributed by atoms with Gasteiger partial charge < -0.3 is 4.74 Å². The van der Waals surface area contributed by atoms with Gasteiger partial charge in [-0.15, -0.1) is 0 Å². The minimum atomic E-state index is 0.183. The van der Waals surface area contributed by atoms with E-state index < -0.39 is 0 Å². The molecule has 1 aromatic carbocycles. The number of rotatable bonds is 4. The van der Waals surface area contributed by atoms with E-state index >= 15 is 0 Å². The van der Waals surface area contributed by atoms with Gasteiger partial charge in [0, 0.05) is 18.4 Å². The van der Waals surface area contributed by atoms with Crippen molar-refractivity contribution in [1.82, 2.24) is 0 Å². The second kappa shape index (κ2) is 5.87. The molecule has 0 aliphatic heterocycles. The highest BCUT2D eigenvalue weighted by Crippen LogP contribution is 2.32. The number of hydrogen-bond acceptors (Lipinski definition) is 2. The summed E-state index contributed by atoms with van der Waals surface area (Å²) in [4.78, 5) is 12.0. The van der Waals surface area contributed by atoms with Crippen LogP contribution in [0, 0.1) is 5.92 Å². The molecule has 0 saturated heterocycles. The summed E-state index contributed by atoms with van der Waals surface area (Å²) in [6.45, 7) is 8.32. The lowest BCUT2D eigenvalue weighted by atomic mass is 9.84. The van der Waals surface area contributed by atoms with E-state index in [0.717, 1.165) is 28.9 Å². The topological polar surface area (TPSA) is 26.3 Å². The maximum atomic E-state index is 12.0. The molecule has 2 heteroatoms. The number of ketones is 1. The van der Waals surface area contributed by atoms with Crippen LogP contribution >= 0.6 is 0 Å². The third-order valence-electron chi connectivity index (χ3n) is 3.65. The first-order chi connectivity index (χ1) is 9.08. The molecule has 0 spiro atoms. The first-order valence-corrected chi connectivity index (χ1v) is 6.63. The Kier molecular flexibility index (Phi) is 4.20. The van der Waals surface area contributed by atoms with Gasteiger partial charge in [-0.3, -0.25) is 4.79 Å². The van der Waals surface area contributed by atoms with Crippen molar-refractivity contribution in [3.8, 4) is 0 Å². The highest BCUT2D eigenvalue weighted by molar-refractivity contribution is 5.96. The van der Waals surface area contributed by atoms with Crippen LogP contribution in [0.25, 0.3) is 0 Å². The van der Waals surface area contributed by atoms with Crippen LogP contribution in [0.3, 0.4) is 0 Å². The number of carbonyl (C=O) groups is 1. The Morgan fingerprint density at radius 2 is 2.00 bits per heavy atom. The van der Waals surface area contributed by atoms with Gasteiger partial charge in [0.1, 0.15) is 12.4 Å². The summed E-state index contributed by atoms with van der Waals surface area (Å²) in [5.74, 6) is 1.23. The second-order valence-corrected chi connectivity index (χ2v) is 5.20. The summed E-state index contributed by atoms with van der Waals surface area (Å²) in [5.41, 5.74) is 2.95. The highest BCUT2D eigenvalue weighted by Gasteiger charge is 2.26. The van der Waals surface area contributed by atoms with E-state index in [9.17, 15) is 4.79 Å². The van der Waals surface area contributed by atoms with E-state index in [0.29, 0.717) is 13.0 Å². The summed E-state index contributed by atoms with van der Waals surface area (Å²) in [6, 6.07) is 10.0. The molecule has 100 valence electrons. The maximum Gasteiger partial charge on any atom is 0.162 e. The summed E-state index contributed by atoms with van der Waals surface area (Å²) in [6.07, 6.45) is 1.36. The molecule has 1 unspecified atom stereocenters. The fraction of sp³-hybridized carbons (Fsp3) is 0.353. The Balaban J connectivity index is 2.07. The predicted octanol–water partition coefficient (Wildman–Crippen LogP) is 4.03. The summed E-state index contributed by atoms with van der Waals surface area (Å²) in [7, 11) is 0. The number of hydrogen-bond donors (Lipinski definition) is 0. The Labute approximate surface area is 114 Å². The monoisotopic (exact) mass is 256 g/mol. The molecule has 2 rings (SSSR count). The van der Waals surface area contributed by atoms with Crippen molar-refractivity contribution >= 4 is 5.78 Å². The van der Waals surface area contributed by atoms with Gasteiger partial charge in [0.15, 0.2) is 5.78 Å². The van der Waals surface area contributed by atoms with E-state index in [1.165, 1.54) is 0 Å². The molecule has 1 atom stereocenters. The second-order valence-electron chi connectivity index (χ2n) is 5.20. The van der Waals surface area contributed by atoms with Gasteiger partial charge in [0.2, 0.25) is 0 Å².